The molecule has 142 valence electrons. The molecule has 0 spiro atoms. The van der Waals surface area contributed by atoms with Gasteiger partial charge in [0.25, 0.3) is 0 Å². The number of hydrogen-bond donors (Lipinski definition) is 3. The standard InChI is InChI=1S/C20H21NO6/c22-17(14-9-5-2-6-10-14)15-11-21(16(18(15)23)19(24)25)20(26)27-12-13-7-3-1-4-8-13/h1-10,15-16,18-19,23-25H,11-12H2/t15-,16+,18+/m0/s1. The molecule has 3 N–H and O–H groups in total. The molecule has 0 bridgehead atoms. The summed E-state index contributed by atoms with van der Waals surface area (Å²) in [6, 6.07) is 16.0. The first-order valence-electron chi connectivity index (χ1n) is 8.60. The number of hydrogen-bond acceptors (Lipinski definition) is 6. The molecule has 1 amide bonds. The van der Waals surface area contributed by atoms with Crippen molar-refractivity contribution in [2.24, 2.45) is 5.92 Å². The average Bonchev–Trinajstić information content (AvgIpc) is 3.04. The maximum absolute atomic E-state index is 12.7. The monoisotopic (exact) mass is 371 g/mol. The highest BCUT2D eigenvalue weighted by molar-refractivity contribution is 5.99. The lowest BCUT2D eigenvalue weighted by Gasteiger charge is -2.26. The number of ether oxygens (including phenoxy) is 1. The largest absolute Gasteiger partial charge is 0.445 e. The number of aliphatic hydroxyl groups excluding tert-OH is 2. The number of Topliss-reactive ketones (excluding diaryl/α,β-unsaturated/α-hetero) is 1. The molecule has 0 aliphatic carbocycles. The highest BCUT2D eigenvalue weighted by Gasteiger charge is 2.49. The van der Waals surface area contributed by atoms with Gasteiger partial charge >= 0.3 is 6.09 Å². The van der Waals surface area contributed by atoms with E-state index in [-0.39, 0.29) is 18.9 Å². The van der Waals surface area contributed by atoms with Crippen LogP contribution in [0.25, 0.3) is 0 Å². The Hall–Kier alpha value is -2.74. The van der Waals surface area contributed by atoms with Gasteiger partial charge in [-0.05, 0) is 5.56 Å². The Morgan fingerprint density at radius 3 is 2.22 bits per heavy atom. The second-order valence-corrected chi connectivity index (χ2v) is 6.42. The molecule has 1 heterocycles. The van der Waals surface area contributed by atoms with Gasteiger partial charge in [0.1, 0.15) is 12.6 Å². The number of amides is 1. The quantitative estimate of drug-likeness (QED) is 0.538. The second-order valence-electron chi connectivity index (χ2n) is 6.42. The molecule has 27 heavy (non-hydrogen) atoms. The van der Waals surface area contributed by atoms with E-state index in [1.54, 1.807) is 54.6 Å². The van der Waals surface area contributed by atoms with Crippen LogP contribution in [0.4, 0.5) is 4.79 Å². The van der Waals surface area contributed by atoms with Crippen LogP contribution in [0, 0.1) is 5.92 Å². The van der Waals surface area contributed by atoms with Gasteiger partial charge < -0.3 is 20.1 Å². The second kappa shape index (κ2) is 8.30. The number of nitrogens with zero attached hydrogens (tertiary/aromatic N) is 1. The molecule has 0 aromatic heterocycles. The summed E-state index contributed by atoms with van der Waals surface area (Å²) in [5, 5.41) is 29.7. The topological polar surface area (TPSA) is 107 Å². The van der Waals surface area contributed by atoms with E-state index in [0.29, 0.717) is 5.56 Å². The molecule has 0 saturated carbocycles. The molecular weight excluding hydrogens is 350 g/mol. The SMILES string of the molecule is O=C(c1ccccc1)[C@@H]1CN(C(=O)OCc2ccccc2)[C@@H](C(O)O)[C@@H]1O. The summed E-state index contributed by atoms with van der Waals surface area (Å²) in [5.41, 5.74) is 1.15. The van der Waals surface area contributed by atoms with Gasteiger partial charge in [0.15, 0.2) is 12.1 Å². The van der Waals surface area contributed by atoms with Crippen molar-refractivity contribution in [2.75, 3.05) is 6.54 Å². The Kier molecular flexibility index (Phi) is 5.85. The van der Waals surface area contributed by atoms with Crippen LogP contribution in [0.2, 0.25) is 0 Å². The van der Waals surface area contributed by atoms with E-state index >= 15 is 0 Å². The normalized spacial score (nSPS) is 22.1. The average molecular weight is 371 g/mol. The Bertz CT molecular complexity index is 780. The predicted octanol–water partition coefficient (Wildman–Crippen LogP) is 1.18. The maximum Gasteiger partial charge on any atom is 0.410 e. The van der Waals surface area contributed by atoms with Gasteiger partial charge in [-0.2, -0.15) is 0 Å². The molecule has 2 aromatic rings. The van der Waals surface area contributed by atoms with Gasteiger partial charge in [-0.3, -0.25) is 9.69 Å². The lowest BCUT2D eigenvalue weighted by molar-refractivity contribution is -0.111. The number of benzene rings is 2. The summed E-state index contributed by atoms with van der Waals surface area (Å²) in [4.78, 5) is 26.1. The summed E-state index contributed by atoms with van der Waals surface area (Å²) in [5.74, 6) is -1.34. The molecule has 7 heteroatoms. The number of likely N-dealkylation sites (tertiary alicyclic amines) is 1. The van der Waals surface area contributed by atoms with Crippen LogP contribution in [0.15, 0.2) is 60.7 Å². The molecule has 3 rings (SSSR count). The lowest BCUT2D eigenvalue weighted by atomic mass is 9.92. The minimum atomic E-state index is -2.00. The number of ketones is 1. The molecule has 1 fully saturated rings. The molecule has 1 saturated heterocycles. The molecule has 0 unspecified atom stereocenters. The maximum atomic E-state index is 12.7. The minimum Gasteiger partial charge on any atom is -0.445 e. The summed E-state index contributed by atoms with van der Waals surface area (Å²) >= 11 is 0. The van der Waals surface area contributed by atoms with Crippen LogP contribution in [-0.4, -0.2) is 57.1 Å². The van der Waals surface area contributed by atoms with Gasteiger partial charge in [-0.25, -0.2) is 4.79 Å². The van der Waals surface area contributed by atoms with E-state index < -0.39 is 30.4 Å². The Morgan fingerprint density at radius 2 is 1.63 bits per heavy atom. The van der Waals surface area contributed by atoms with Crippen molar-refractivity contribution in [3.63, 3.8) is 0 Å². The van der Waals surface area contributed by atoms with Crippen molar-refractivity contribution >= 4 is 11.9 Å². The zero-order valence-electron chi connectivity index (χ0n) is 14.5. The zero-order valence-corrected chi connectivity index (χ0v) is 14.5. The van der Waals surface area contributed by atoms with Crippen molar-refractivity contribution in [2.45, 2.75) is 25.0 Å². The van der Waals surface area contributed by atoms with E-state index in [9.17, 15) is 24.9 Å². The van der Waals surface area contributed by atoms with E-state index in [2.05, 4.69) is 0 Å². The fourth-order valence-corrected chi connectivity index (χ4v) is 3.25. The van der Waals surface area contributed by atoms with Gasteiger partial charge in [-0.15, -0.1) is 0 Å². The van der Waals surface area contributed by atoms with Crippen LogP contribution in [-0.2, 0) is 11.3 Å². The number of rotatable bonds is 5. The van der Waals surface area contributed by atoms with Crippen molar-refractivity contribution in [3.05, 3.63) is 71.8 Å². The van der Waals surface area contributed by atoms with Crippen molar-refractivity contribution in [3.8, 4) is 0 Å². The van der Waals surface area contributed by atoms with Crippen LogP contribution in [0.1, 0.15) is 15.9 Å². The van der Waals surface area contributed by atoms with Gasteiger partial charge in [0.05, 0.1) is 12.0 Å². The predicted molar refractivity (Wildman–Crippen MR) is 95.6 cm³/mol. The van der Waals surface area contributed by atoms with Crippen LogP contribution < -0.4 is 0 Å². The zero-order chi connectivity index (χ0) is 19.4. The van der Waals surface area contributed by atoms with Crippen molar-refractivity contribution in [1.82, 2.24) is 4.90 Å². The highest BCUT2D eigenvalue weighted by atomic mass is 16.6. The molecule has 1 aliphatic rings. The number of carbonyl (C=O) groups is 2. The van der Waals surface area contributed by atoms with Gasteiger partial charge in [-0.1, -0.05) is 60.7 Å². The van der Waals surface area contributed by atoms with E-state index in [0.717, 1.165) is 10.5 Å². The Balaban J connectivity index is 1.73. The van der Waals surface area contributed by atoms with E-state index in [1.807, 2.05) is 6.07 Å². The van der Waals surface area contributed by atoms with Crippen LogP contribution in [0.3, 0.4) is 0 Å². The lowest BCUT2D eigenvalue weighted by Crippen LogP contribution is -2.47. The first-order chi connectivity index (χ1) is 13.0. The smallest absolute Gasteiger partial charge is 0.410 e. The molecule has 3 atom stereocenters. The highest BCUT2D eigenvalue weighted by Crippen LogP contribution is 2.29. The van der Waals surface area contributed by atoms with Gasteiger partial charge in [0.2, 0.25) is 0 Å². The fraction of sp³-hybridized carbons (Fsp3) is 0.300. The Labute approximate surface area is 156 Å². The van der Waals surface area contributed by atoms with Crippen molar-refractivity contribution in [1.29, 1.82) is 0 Å². The molecule has 0 radical (unpaired) electrons. The minimum absolute atomic E-state index is 0.00217. The van der Waals surface area contributed by atoms with Crippen LogP contribution in [0.5, 0.6) is 0 Å². The summed E-state index contributed by atoms with van der Waals surface area (Å²) in [7, 11) is 0. The summed E-state index contributed by atoms with van der Waals surface area (Å²) in [6.07, 6.45) is -4.24. The third kappa shape index (κ3) is 4.16. The first kappa shape index (κ1) is 19.0. The molecule has 1 aliphatic heterocycles. The molecule has 7 nitrogen and oxygen atoms in total. The van der Waals surface area contributed by atoms with Crippen LogP contribution >= 0.6 is 0 Å². The first-order valence-corrected chi connectivity index (χ1v) is 8.60. The number of carbonyl (C=O) groups excluding carboxylic acids is 2. The summed E-state index contributed by atoms with van der Waals surface area (Å²) < 4.78 is 5.22. The summed E-state index contributed by atoms with van der Waals surface area (Å²) in [6.45, 7) is -0.164. The molecule has 2 aromatic carbocycles. The number of aliphatic hydroxyl groups is 3. The third-order valence-corrected chi connectivity index (χ3v) is 4.66. The Morgan fingerprint density at radius 1 is 1.04 bits per heavy atom. The molecular formula is C20H21NO6. The third-order valence-electron chi connectivity index (χ3n) is 4.66. The van der Waals surface area contributed by atoms with Crippen molar-refractivity contribution < 1.29 is 29.6 Å². The van der Waals surface area contributed by atoms with Gasteiger partial charge in [0, 0.05) is 12.1 Å². The van der Waals surface area contributed by atoms with E-state index in [1.165, 1.54) is 0 Å². The fourth-order valence-electron chi connectivity index (χ4n) is 3.25. The van der Waals surface area contributed by atoms with E-state index in [4.69, 9.17) is 4.74 Å².